The van der Waals surface area contributed by atoms with Crippen LogP contribution < -0.4 is 20.1 Å². The van der Waals surface area contributed by atoms with Crippen LogP contribution in [0.2, 0.25) is 0 Å². The van der Waals surface area contributed by atoms with E-state index in [0.717, 1.165) is 5.56 Å². The molecular weight excluding hydrogens is 332 g/mol. The van der Waals surface area contributed by atoms with E-state index in [1.165, 1.54) is 0 Å². The zero-order chi connectivity index (χ0) is 18.9. The first-order valence-electron chi connectivity index (χ1n) is 8.07. The van der Waals surface area contributed by atoms with Gasteiger partial charge in [0.2, 0.25) is 0 Å². The van der Waals surface area contributed by atoms with Gasteiger partial charge in [0.05, 0.1) is 14.2 Å². The van der Waals surface area contributed by atoms with Crippen molar-refractivity contribution in [2.24, 2.45) is 0 Å². The van der Waals surface area contributed by atoms with Gasteiger partial charge in [-0.15, -0.1) is 6.58 Å². The molecule has 0 aliphatic carbocycles. The zero-order valence-corrected chi connectivity index (χ0v) is 14.9. The molecule has 0 aliphatic heterocycles. The number of benzene rings is 2. The molecule has 0 heterocycles. The maximum Gasteiger partial charge on any atom is 0.251 e. The van der Waals surface area contributed by atoms with Crippen molar-refractivity contribution in [3.63, 3.8) is 0 Å². The zero-order valence-electron chi connectivity index (χ0n) is 14.9. The van der Waals surface area contributed by atoms with Crippen molar-refractivity contribution in [3.8, 4) is 11.5 Å². The predicted molar refractivity (Wildman–Crippen MR) is 99.7 cm³/mol. The number of methoxy groups -OCH3 is 2. The van der Waals surface area contributed by atoms with Gasteiger partial charge in [-0.3, -0.25) is 9.59 Å². The van der Waals surface area contributed by atoms with Gasteiger partial charge in [-0.05, 0) is 35.9 Å². The molecule has 2 aromatic carbocycles. The molecule has 0 aromatic heterocycles. The van der Waals surface area contributed by atoms with Gasteiger partial charge < -0.3 is 20.1 Å². The summed E-state index contributed by atoms with van der Waals surface area (Å²) in [6, 6.07) is 12.0. The van der Waals surface area contributed by atoms with Crippen molar-refractivity contribution < 1.29 is 19.1 Å². The lowest BCUT2D eigenvalue weighted by molar-refractivity contribution is 0.0951. The molecule has 0 fully saturated rings. The van der Waals surface area contributed by atoms with Crippen LogP contribution >= 0.6 is 0 Å². The third-order valence-corrected chi connectivity index (χ3v) is 3.69. The lowest BCUT2D eigenvalue weighted by Crippen LogP contribution is -2.25. The number of carbonyl (C=O) groups is 2. The monoisotopic (exact) mass is 354 g/mol. The average Bonchev–Trinajstić information content (AvgIpc) is 2.69. The van der Waals surface area contributed by atoms with Gasteiger partial charge in [0.1, 0.15) is 0 Å². The fraction of sp³-hybridized carbons (Fsp3) is 0.200. The van der Waals surface area contributed by atoms with Crippen molar-refractivity contribution in [3.05, 3.63) is 71.8 Å². The minimum atomic E-state index is -0.266. The summed E-state index contributed by atoms with van der Waals surface area (Å²) in [7, 11) is 3.13. The summed E-state index contributed by atoms with van der Waals surface area (Å²) >= 11 is 0. The summed E-state index contributed by atoms with van der Waals surface area (Å²) in [5.41, 5.74) is 1.71. The molecule has 136 valence electrons. The second kappa shape index (κ2) is 9.27. The summed E-state index contributed by atoms with van der Waals surface area (Å²) < 4.78 is 10.4. The number of amides is 2. The van der Waals surface area contributed by atoms with Crippen LogP contribution in [0.25, 0.3) is 0 Å². The van der Waals surface area contributed by atoms with E-state index in [0.29, 0.717) is 35.7 Å². The lowest BCUT2D eigenvalue weighted by Gasteiger charge is -2.11. The van der Waals surface area contributed by atoms with Crippen molar-refractivity contribution in [2.75, 3.05) is 20.8 Å². The Morgan fingerprint density at radius 1 is 0.962 bits per heavy atom. The van der Waals surface area contributed by atoms with E-state index >= 15 is 0 Å². The second-order valence-corrected chi connectivity index (χ2v) is 5.45. The van der Waals surface area contributed by atoms with Crippen molar-refractivity contribution >= 4 is 11.8 Å². The molecule has 2 amide bonds. The summed E-state index contributed by atoms with van der Waals surface area (Å²) in [6.45, 7) is 4.25. The molecule has 0 bridgehead atoms. The van der Waals surface area contributed by atoms with Crippen LogP contribution in [0.15, 0.2) is 55.1 Å². The molecule has 0 saturated carbocycles. The average molecular weight is 354 g/mol. The molecule has 6 nitrogen and oxygen atoms in total. The molecule has 26 heavy (non-hydrogen) atoms. The highest BCUT2D eigenvalue weighted by molar-refractivity contribution is 5.99. The third-order valence-electron chi connectivity index (χ3n) is 3.69. The molecule has 0 unspecified atom stereocenters. The van der Waals surface area contributed by atoms with Crippen molar-refractivity contribution in [1.82, 2.24) is 10.6 Å². The van der Waals surface area contributed by atoms with Crippen LogP contribution in [0.3, 0.4) is 0 Å². The summed E-state index contributed by atoms with van der Waals surface area (Å²) in [4.78, 5) is 24.3. The molecule has 0 spiro atoms. The van der Waals surface area contributed by atoms with Gasteiger partial charge in [-0.2, -0.15) is 0 Å². The van der Waals surface area contributed by atoms with Crippen molar-refractivity contribution in [2.45, 2.75) is 6.54 Å². The Morgan fingerprint density at radius 3 is 2.23 bits per heavy atom. The predicted octanol–water partition coefficient (Wildman–Crippen LogP) is 2.55. The quantitative estimate of drug-likeness (QED) is 0.714. The molecule has 0 aliphatic rings. The van der Waals surface area contributed by atoms with Crippen LogP contribution in [0.5, 0.6) is 11.5 Å². The number of hydrogen-bond donors (Lipinski definition) is 2. The molecule has 0 atom stereocenters. The Kier molecular flexibility index (Phi) is 6.79. The number of ether oxygens (including phenoxy) is 2. The van der Waals surface area contributed by atoms with Crippen LogP contribution in [0.4, 0.5) is 0 Å². The van der Waals surface area contributed by atoms with Crippen LogP contribution in [0.1, 0.15) is 26.3 Å². The molecule has 0 radical (unpaired) electrons. The summed E-state index contributed by atoms with van der Waals surface area (Å²) in [6.07, 6.45) is 1.59. The van der Waals surface area contributed by atoms with E-state index in [2.05, 4.69) is 17.2 Å². The first-order valence-corrected chi connectivity index (χ1v) is 8.07. The fourth-order valence-corrected chi connectivity index (χ4v) is 2.34. The number of nitrogens with one attached hydrogen (secondary N) is 2. The molecule has 2 aromatic rings. The lowest BCUT2D eigenvalue weighted by atomic mass is 10.1. The third kappa shape index (κ3) is 4.86. The molecular formula is C20H22N2O4. The highest BCUT2D eigenvalue weighted by Gasteiger charge is 2.11. The maximum atomic E-state index is 12.4. The Balaban J connectivity index is 2.04. The summed E-state index contributed by atoms with van der Waals surface area (Å²) in [5, 5.41) is 5.51. The Morgan fingerprint density at radius 2 is 1.62 bits per heavy atom. The standard InChI is InChI=1S/C20H22N2O4/c1-4-10-21-19(23)15-6-5-7-16(12-15)20(24)22-13-14-8-9-17(25-2)18(11-14)26-3/h4-9,11-12H,1,10,13H2,2-3H3,(H,21,23)(H,22,24). The van der Waals surface area contributed by atoms with E-state index in [9.17, 15) is 9.59 Å². The van der Waals surface area contributed by atoms with Gasteiger partial charge in [-0.25, -0.2) is 0 Å². The first kappa shape index (κ1) is 19.1. The second-order valence-electron chi connectivity index (χ2n) is 5.45. The van der Waals surface area contributed by atoms with Crippen LogP contribution in [-0.4, -0.2) is 32.6 Å². The van der Waals surface area contributed by atoms with Gasteiger partial charge in [0.25, 0.3) is 11.8 Å². The molecule has 0 saturated heterocycles. The normalized spacial score (nSPS) is 9.92. The first-order chi connectivity index (χ1) is 12.6. The van der Waals surface area contributed by atoms with Crippen LogP contribution in [-0.2, 0) is 6.54 Å². The van der Waals surface area contributed by atoms with E-state index < -0.39 is 0 Å². The molecule has 2 N–H and O–H groups in total. The molecule has 2 rings (SSSR count). The van der Waals surface area contributed by atoms with Crippen molar-refractivity contribution in [1.29, 1.82) is 0 Å². The number of rotatable bonds is 8. The maximum absolute atomic E-state index is 12.4. The Bertz CT molecular complexity index is 802. The smallest absolute Gasteiger partial charge is 0.251 e. The fourth-order valence-electron chi connectivity index (χ4n) is 2.34. The number of carbonyl (C=O) groups excluding carboxylic acids is 2. The summed E-state index contributed by atoms with van der Waals surface area (Å²) in [5.74, 6) is 0.707. The van der Waals surface area contributed by atoms with E-state index in [-0.39, 0.29) is 11.8 Å². The SMILES string of the molecule is C=CCNC(=O)c1cccc(C(=O)NCc2ccc(OC)c(OC)c2)c1. The van der Waals surface area contributed by atoms with Gasteiger partial charge in [-0.1, -0.05) is 18.2 Å². The van der Waals surface area contributed by atoms with E-state index in [4.69, 9.17) is 9.47 Å². The van der Waals surface area contributed by atoms with Gasteiger partial charge in [0, 0.05) is 24.2 Å². The van der Waals surface area contributed by atoms with Gasteiger partial charge >= 0.3 is 0 Å². The Hall–Kier alpha value is -3.28. The highest BCUT2D eigenvalue weighted by Crippen LogP contribution is 2.27. The van der Waals surface area contributed by atoms with Crippen LogP contribution in [0, 0.1) is 0 Å². The number of hydrogen-bond acceptors (Lipinski definition) is 4. The van der Waals surface area contributed by atoms with Gasteiger partial charge in [0.15, 0.2) is 11.5 Å². The highest BCUT2D eigenvalue weighted by atomic mass is 16.5. The largest absolute Gasteiger partial charge is 0.493 e. The minimum Gasteiger partial charge on any atom is -0.493 e. The Labute approximate surface area is 152 Å². The minimum absolute atomic E-state index is 0.251. The van der Waals surface area contributed by atoms with E-state index in [1.54, 1.807) is 56.7 Å². The van der Waals surface area contributed by atoms with E-state index in [1.807, 2.05) is 6.07 Å². The topological polar surface area (TPSA) is 76.7 Å². The molecule has 6 heteroatoms.